The molecule has 0 amide bonds. The lowest BCUT2D eigenvalue weighted by molar-refractivity contribution is -0.122. The van der Waals surface area contributed by atoms with E-state index in [9.17, 15) is 4.39 Å². The molecule has 0 aliphatic heterocycles. The number of hydrogen-bond acceptors (Lipinski definition) is 7. The first-order valence-electron chi connectivity index (χ1n) is 8.29. The molecule has 3 rings (SSSR count). The minimum atomic E-state index is -0.522. The van der Waals surface area contributed by atoms with Crippen LogP contribution in [0.25, 0.3) is 10.9 Å². The summed E-state index contributed by atoms with van der Waals surface area (Å²) in [5.41, 5.74) is 1.23. The van der Waals surface area contributed by atoms with Gasteiger partial charge in [-0.05, 0) is 24.3 Å². The summed E-state index contributed by atoms with van der Waals surface area (Å²) in [5.74, 6) is 0.998. The summed E-state index contributed by atoms with van der Waals surface area (Å²) in [6, 6.07) is 7.82. The summed E-state index contributed by atoms with van der Waals surface area (Å²) in [7, 11) is 4.59. The fraction of sp³-hybridized carbons (Fsp3) is 0.263. The first-order valence-corrected chi connectivity index (χ1v) is 8.66. The summed E-state index contributed by atoms with van der Waals surface area (Å²) in [6.45, 7) is 0.166. The number of ether oxygens (including phenoxy) is 4. The van der Waals surface area contributed by atoms with Crippen LogP contribution in [0.1, 0.15) is 0 Å². The Morgan fingerprint density at radius 3 is 2.54 bits per heavy atom. The van der Waals surface area contributed by atoms with E-state index in [1.165, 1.54) is 32.7 Å². The van der Waals surface area contributed by atoms with Crippen LogP contribution in [-0.4, -0.2) is 44.2 Å². The van der Waals surface area contributed by atoms with Crippen LogP contribution in [0.5, 0.6) is 11.5 Å². The number of halogens is 2. The standard InChI is InChI=1S/C19H19ClFN3O4/c1-25-16-8-15-12(7-17(16)28-9-18(26-2)27-3)19(23-10-22-15)24-11-4-5-14(21)13(20)6-11/h4-8,10,18H,9H2,1-3H3,(H,22,23,24). The predicted octanol–water partition coefficient (Wildman–Crippen LogP) is 4.17. The summed E-state index contributed by atoms with van der Waals surface area (Å²) >= 11 is 5.85. The van der Waals surface area contributed by atoms with Crippen molar-refractivity contribution in [1.82, 2.24) is 9.97 Å². The second-order valence-electron chi connectivity index (χ2n) is 5.71. The van der Waals surface area contributed by atoms with Crippen LogP contribution >= 0.6 is 11.6 Å². The summed E-state index contributed by atoms with van der Waals surface area (Å²) in [4.78, 5) is 8.54. The highest BCUT2D eigenvalue weighted by Gasteiger charge is 2.14. The zero-order valence-corrected chi connectivity index (χ0v) is 16.3. The molecule has 0 fully saturated rings. The number of hydrogen-bond donors (Lipinski definition) is 1. The molecule has 0 aliphatic rings. The molecule has 1 heterocycles. The van der Waals surface area contributed by atoms with Gasteiger partial charge >= 0.3 is 0 Å². The summed E-state index contributed by atoms with van der Waals surface area (Å²) in [5, 5.41) is 3.82. The molecule has 2 aromatic carbocycles. The van der Waals surface area contributed by atoms with E-state index >= 15 is 0 Å². The Morgan fingerprint density at radius 1 is 1.07 bits per heavy atom. The van der Waals surface area contributed by atoms with Crippen LogP contribution in [0.15, 0.2) is 36.7 Å². The van der Waals surface area contributed by atoms with Crippen LogP contribution in [0.4, 0.5) is 15.9 Å². The van der Waals surface area contributed by atoms with Crippen LogP contribution in [0, 0.1) is 5.82 Å². The van der Waals surface area contributed by atoms with Crippen molar-refractivity contribution in [1.29, 1.82) is 0 Å². The minimum absolute atomic E-state index is 0.0132. The molecule has 0 saturated heterocycles. The molecule has 7 nitrogen and oxygen atoms in total. The number of methoxy groups -OCH3 is 3. The predicted molar refractivity (Wildman–Crippen MR) is 104 cm³/mol. The van der Waals surface area contributed by atoms with Gasteiger partial charge in [0.2, 0.25) is 0 Å². The summed E-state index contributed by atoms with van der Waals surface area (Å²) in [6.07, 6.45) is 0.896. The van der Waals surface area contributed by atoms with Gasteiger partial charge in [-0.3, -0.25) is 0 Å². The molecular formula is C19H19ClFN3O4. The highest BCUT2D eigenvalue weighted by atomic mass is 35.5. The van der Waals surface area contributed by atoms with Crippen LogP contribution < -0.4 is 14.8 Å². The van der Waals surface area contributed by atoms with Crippen LogP contribution in [0.3, 0.4) is 0 Å². The maximum Gasteiger partial charge on any atom is 0.191 e. The largest absolute Gasteiger partial charge is 0.493 e. The molecule has 0 unspecified atom stereocenters. The van der Waals surface area contributed by atoms with E-state index in [0.717, 1.165) is 0 Å². The van der Waals surface area contributed by atoms with E-state index in [0.29, 0.717) is 33.9 Å². The second kappa shape index (κ2) is 9.01. The third kappa shape index (κ3) is 4.41. The maximum absolute atomic E-state index is 13.4. The van der Waals surface area contributed by atoms with Crippen molar-refractivity contribution in [3.63, 3.8) is 0 Å². The zero-order chi connectivity index (χ0) is 20.1. The molecule has 3 aromatic rings. The van der Waals surface area contributed by atoms with Gasteiger partial charge < -0.3 is 24.3 Å². The van der Waals surface area contributed by atoms with E-state index in [2.05, 4.69) is 15.3 Å². The van der Waals surface area contributed by atoms with E-state index in [1.54, 1.807) is 25.3 Å². The smallest absolute Gasteiger partial charge is 0.191 e. The Morgan fingerprint density at radius 2 is 1.86 bits per heavy atom. The van der Waals surface area contributed by atoms with Gasteiger partial charge in [-0.1, -0.05) is 11.6 Å². The Labute approximate surface area is 166 Å². The number of fused-ring (bicyclic) bond motifs is 1. The maximum atomic E-state index is 13.4. The number of aromatic nitrogens is 2. The summed E-state index contributed by atoms with van der Waals surface area (Å²) < 4.78 is 34.9. The molecule has 9 heteroatoms. The van der Waals surface area contributed by atoms with E-state index in [4.69, 9.17) is 30.5 Å². The molecule has 0 saturated carbocycles. The van der Waals surface area contributed by atoms with Gasteiger partial charge in [0, 0.05) is 31.4 Å². The average Bonchev–Trinajstić information content (AvgIpc) is 2.71. The lowest BCUT2D eigenvalue weighted by Crippen LogP contribution is -2.22. The fourth-order valence-corrected chi connectivity index (χ4v) is 2.72. The molecule has 0 aliphatic carbocycles. The van der Waals surface area contributed by atoms with Gasteiger partial charge in [0.15, 0.2) is 17.8 Å². The molecule has 1 N–H and O–H groups in total. The van der Waals surface area contributed by atoms with Crippen molar-refractivity contribution >= 4 is 34.0 Å². The Bertz CT molecular complexity index is 969. The highest BCUT2D eigenvalue weighted by molar-refractivity contribution is 6.31. The SMILES string of the molecule is COc1cc2ncnc(Nc3ccc(F)c(Cl)c3)c2cc1OCC(OC)OC. The molecule has 1 aromatic heterocycles. The van der Waals surface area contributed by atoms with Crippen LogP contribution in [0.2, 0.25) is 5.02 Å². The van der Waals surface area contributed by atoms with Crippen molar-refractivity contribution < 1.29 is 23.3 Å². The van der Waals surface area contributed by atoms with Gasteiger partial charge in [-0.25, -0.2) is 14.4 Å². The third-order valence-corrected chi connectivity index (χ3v) is 4.29. The molecule has 0 radical (unpaired) electrons. The lowest BCUT2D eigenvalue weighted by atomic mass is 10.2. The Hall–Kier alpha value is -2.68. The molecule has 0 atom stereocenters. The molecule has 0 spiro atoms. The molecule has 28 heavy (non-hydrogen) atoms. The lowest BCUT2D eigenvalue weighted by Gasteiger charge is -2.17. The highest BCUT2D eigenvalue weighted by Crippen LogP contribution is 2.35. The zero-order valence-electron chi connectivity index (χ0n) is 15.5. The topological polar surface area (TPSA) is 74.7 Å². The van der Waals surface area contributed by atoms with E-state index in [-0.39, 0.29) is 11.6 Å². The number of anilines is 2. The average molecular weight is 408 g/mol. The van der Waals surface area contributed by atoms with Crippen LogP contribution in [-0.2, 0) is 9.47 Å². The monoisotopic (exact) mass is 407 g/mol. The third-order valence-electron chi connectivity index (χ3n) is 4.00. The molecule has 148 valence electrons. The minimum Gasteiger partial charge on any atom is -0.493 e. The number of nitrogens with one attached hydrogen (secondary N) is 1. The fourth-order valence-electron chi connectivity index (χ4n) is 2.54. The van der Waals surface area contributed by atoms with E-state index in [1.807, 2.05) is 0 Å². The van der Waals surface area contributed by atoms with Crippen molar-refractivity contribution in [2.45, 2.75) is 6.29 Å². The quantitative estimate of drug-likeness (QED) is 0.561. The first-order chi connectivity index (χ1) is 13.5. The van der Waals surface area contributed by atoms with Gasteiger partial charge in [0.05, 0.1) is 17.6 Å². The number of rotatable bonds is 8. The normalized spacial score (nSPS) is 11.1. The van der Waals surface area contributed by atoms with Crippen molar-refractivity contribution in [2.24, 2.45) is 0 Å². The second-order valence-corrected chi connectivity index (χ2v) is 6.12. The van der Waals surface area contributed by atoms with Crippen molar-refractivity contribution in [3.05, 3.63) is 47.5 Å². The number of benzene rings is 2. The Kier molecular flexibility index (Phi) is 6.45. The molecular weight excluding hydrogens is 389 g/mol. The van der Waals surface area contributed by atoms with E-state index < -0.39 is 12.1 Å². The van der Waals surface area contributed by atoms with Gasteiger partial charge in [0.25, 0.3) is 0 Å². The molecule has 0 bridgehead atoms. The van der Waals surface area contributed by atoms with Gasteiger partial charge in [-0.2, -0.15) is 0 Å². The van der Waals surface area contributed by atoms with Crippen molar-refractivity contribution in [3.8, 4) is 11.5 Å². The Balaban J connectivity index is 1.96. The van der Waals surface area contributed by atoms with Gasteiger partial charge in [-0.15, -0.1) is 0 Å². The first kappa shape index (κ1) is 20.1. The van der Waals surface area contributed by atoms with Gasteiger partial charge in [0.1, 0.15) is 24.6 Å². The van der Waals surface area contributed by atoms with Crippen molar-refractivity contribution in [2.75, 3.05) is 33.3 Å². The number of nitrogens with zero attached hydrogens (tertiary/aromatic N) is 2.